The van der Waals surface area contributed by atoms with Crippen LogP contribution in [0.15, 0.2) is 24.5 Å². The van der Waals surface area contributed by atoms with Crippen LogP contribution in [0.2, 0.25) is 0 Å². The van der Waals surface area contributed by atoms with E-state index < -0.39 is 17.8 Å². The fourth-order valence-corrected chi connectivity index (χ4v) is 3.98. The second kappa shape index (κ2) is 7.33. The Morgan fingerprint density at radius 2 is 1.87 bits per heavy atom. The van der Waals surface area contributed by atoms with Gasteiger partial charge < -0.3 is 4.90 Å². The monoisotopic (exact) mass is 418 g/mol. The predicted molar refractivity (Wildman–Crippen MR) is 102 cm³/mol. The first kappa shape index (κ1) is 20.2. The molecule has 4 rings (SSSR count). The zero-order valence-corrected chi connectivity index (χ0v) is 16.8. The molecule has 0 saturated carbocycles. The van der Waals surface area contributed by atoms with Gasteiger partial charge in [-0.15, -0.1) is 0 Å². The van der Waals surface area contributed by atoms with Gasteiger partial charge in [-0.2, -0.15) is 23.3 Å². The predicted octanol–water partition coefficient (Wildman–Crippen LogP) is 3.42. The maximum atomic E-state index is 13.1. The Morgan fingerprint density at radius 3 is 2.60 bits per heavy atom. The molecule has 30 heavy (non-hydrogen) atoms. The summed E-state index contributed by atoms with van der Waals surface area (Å²) in [6.45, 7) is 6.27. The highest BCUT2D eigenvalue weighted by molar-refractivity contribution is 5.94. The Hall–Kier alpha value is -3.04. The normalized spacial score (nSPS) is 20.0. The van der Waals surface area contributed by atoms with Crippen molar-refractivity contribution >= 4 is 11.7 Å². The van der Waals surface area contributed by atoms with Crippen LogP contribution in [-0.4, -0.2) is 48.5 Å². The van der Waals surface area contributed by atoms with Gasteiger partial charge in [-0.1, -0.05) is 6.92 Å². The van der Waals surface area contributed by atoms with E-state index in [0.717, 1.165) is 23.9 Å². The van der Waals surface area contributed by atoms with Crippen LogP contribution in [0, 0.1) is 19.8 Å². The number of aryl methyl sites for hydroxylation is 2. The summed E-state index contributed by atoms with van der Waals surface area (Å²) in [4.78, 5) is 26.7. The lowest BCUT2D eigenvalue weighted by Gasteiger charge is -2.37. The average Bonchev–Trinajstić information content (AvgIpc) is 3.14. The van der Waals surface area contributed by atoms with Crippen LogP contribution in [0.5, 0.6) is 0 Å². The summed E-state index contributed by atoms with van der Waals surface area (Å²) in [5.74, 6) is 0.274. The molecular formula is C20H21F3N6O. The Morgan fingerprint density at radius 1 is 1.13 bits per heavy atom. The van der Waals surface area contributed by atoms with Crippen molar-refractivity contribution in [3.05, 3.63) is 52.9 Å². The fraction of sp³-hybridized carbons (Fsp3) is 0.450. The van der Waals surface area contributed by atoms with Crippen LogP contribution in [0.4, 0.5) is 13.2 Å². The third kappa shape index (κ3) is 3.73. The zero-order chi connectivity index (χ0) is 21.6. The molecule has 3 aromatic heterocycles. The van der Waals surface area contributed by atoms with Crippen molar-refractivity contribution in [2.45, 2.75) is 39.3 Å². The number of rotatable bonds is 2. The molecule has 0 bridgehead atoms. The Kier molecular flexibility index (Phi) is 4.95. The van der Waals surface area contributed by atoms with E-state index in [0.29, 0.717) is 18.9 Å². The number of hydrogen-bond donors (Lipinski definition) is 0. The molecule has 4 heterocycles. The highest BCUT2D eigenvalue weighted by Gasteiger charge is 2.36. The van der Waals surface area contributed by atoms with Crippen molar-refractivity contribution in [1.29, 1.82) is 0 Å². The zero-order valence-electron chi connectivity index (χ0n) is 16.8. The molecule has 7 nitrogen and oxygen atoms in total. The molecular weight excluding hydrogens is 397 g/mol. The second-order valence-electron chi connectivity index (χ2n) is 7.80. The van der Waals surface area contributed by atoms with Gasteiger partial charge in [0.1, 0.15) is 12.0 Å². The molecule has 0 radical (unpaired) electrons. The largest absolute Gasteiger partial charge is 0.433 e. The average molecular weight is 418 g/mol. The highest BCUT2D eigenvalue weighted by atomic mass is 19.4. The molecule has 1 unspecified atom stereocenters. The second-order valence-corrected chi connectivity index (χ2v) is 7.80. The van der Waals surface area contributed by atoms with E-state index in [1.54, 1.807) is 9.42 Å². The van der Waals surface area contributed by atoms with Gasteiger partial charge in [-0.3, -0.25) is 4.79 Å². The number of nitrogens with zero attached hydrogens (tertiary/aromatic N) is 6. The first-order valence-corrected chi connectivity index (χ1v) is 9.66. The fourth-order valence-electron chi connectivity index (χ4n) is 3.98. The van der Waals surface area contributed by atoms with Crippen LogP contribution < -0.4 is 0 Å². The molecule has 0 N–H and O–H groups in total. The van der Waals surface area contributed by atoms with Gasteiger partial charge in [0.2, 0.25) is 0 Å². The van der Waals surface area contributed by atoms with Crippen molar-refractivity contribution in [2.24, 2.45) is 5.92 Å². The third-order valence-electron chi connectivity index (χ3n) is 5.52. The quantitative estimate of drug-likeness (QED) is 0.637. The number of likely N-dealkylation sites (tertiary alicyclic amines) is 1. The van der Waals surface area contributed by atoms with Crippen molar-refractivity contribution in [1.82, 2.24) is 29.5 Å². The van der Waals surface area contributed by atoms with Gasteiger partial charge in [0, 0.05) is 36.0 Å². The number of pyridine rings is 1. The minimum absolute atomic E-state index is 0.0000558. The van der Waals surface area contributed by atoms with Crippen molar-refractivity contribution in [3.63, 3.8) is 0 Å². The molecule has 1 fully saturated rings. The molecule has 1 saturated heterocycles. The van der Waals surface area contributed by atoms with Crippen LogP contribution in [0.3, 0.4) is 0 Å². The first-order chi connectivity index (χ1) is 14.1. The van der Waals surface area contributed by atoms with E-state index in [4.69, 9.17) is 0 Å². The van der Waals surface area contributed by atoms with Crippen LogP contribution in [0.1, 0.15) is 52.4 Å². The lowest BCUT2D eigenvalue weighted by molar-refractivity contribution is -0.141. The molecule has 158 valence electrons. The highest BCUT2D eigenvalue weighted by Crippen LogP contribution is 2.34. The number of carbonyl (C=O) groups excluding carboxylic acids is 1. The molecule has 1 aliphatic heterocycles. The lowest BCUT2D eigenvalue weighted by Crippen LogP contribution is -2.42. The summed E-state index contributed by atoms with van der Waals surface area (Å²) in [5, 5.41) is 4.25. The van der Waals surface area contributed by atoms with Gasteiger partial charge in [0.05, 0.1) is 5.69 Å². The molecule has 0 aliphatic carbocycles. The topological polar surface area (TPSA) is 76.3 Å². The molecule has 1 aliphatic rings. The van der Waals surface area contributed by atoms with E-state index in [1.165, 1.54) is 19.3 Å². The van der Waals surface area contributed by atoms with Crippen LogP contribution in [-0.2, 0) is 6.18 Å². The number of halogens is 3. The minimum atomic E-state index is -4.60. The van der Waals surface area contributed by atoms with Gasteiger partial charge >= 0.3 is 6.18 Å². The number of fused-ring (bicyclic) bond motifs is 1. The Balaban J connectivity index is 1.66. The van der Waals surface area contributed by atoms with Gasteiger partial charge in [0.25, 0.3) is 11.7 Å². The summed E-state index contributed by atoms with van der Waals surface area (Å²) in [6.07, 6.45) is -2.45. The number of carbonyl (C=O) groups is 1. The number of alkyl halides is 3. The van der Waals surface area contributed by atoms with Gasteiger partial charge in [-0.05, 0) is 44.4 Å². The summed E-state index contributed by atoms with van der Waals surface area (Å²) in [5.41, 5.74) is 0.786. The van der Waals surface area contributed by atoms with Gasteiger partial charge in [-0.25, -0.2) is 14.5 Å². The van der Waals surface area contributed by atoms with Crippen molar-refractivity contribution in [2.75, 3.05) is 13.1 Å². The van der Waals surface area contributed by atoms with Gasteiger partial charge in [0.15, 0.2) is 0 Å². The summed E-state index contributed by atoms with van der Waals surface area (Å²) in [6, 6.07) is 4.15. The van der Waals surface area contributed by atoms with E-state index in [-0.39, 0.29) is 23.1 Å². The van der Waals surface area contributed by atoms with E-state index >= 15 is 0 Å². The van der Waals surface area contributed by atoms with E-state index in [1.807, 2.05) is 13.0 Å². The van der Waals surface area contributed by atoms with E-state index in [2.05, 4.69) is 27.0 Å². The van der Waals surface area contributed by atoms with Crippen molar-refractivity contribution in [3.8, 4) is 0 Å². The smallest absolute Gasteiger partial charge is 0.338 e. The molecule has 1 amide bonds. The standard InChI is InChI=1S/C20H21F3N6O/c1-11-4-5-28(18(30)14-6-12(2)26-17(8-14)20(21,22)23)9-15(11)16-7-13(3)27-19-24-10-25-29(16)19/h6-8,10-11,15H,4-5,9H2,1-3H3/t11-,15?/m1/s1. The summed E-state index contributed by atoms with van der Waals surface area (Å²) < 4.78 is 41.1. The lowest BCUT2D eigenvalue weighted by atomic mass is 9.84. The van der Waals surface area contributed by atoms with Crippen LogP contribution in [0.25, 0.3) is 5.78 Å². The Bertz CT molecular complexity index is 1110. The first-order valence-electron chi connectivity index (χ1n) is 9.66. The van der Waals surface area contributed by atoms with Crippen molar-refractivity contribution < 1.29 is 18.0 Å². The molecule has 0 spiro atoms. The number of piperidine rings is 1. The Labute approximate surface area is 171 Å². The number of aromatic nitrogens is 5. The SMILES string of the molecule is Cc1cc(C(=O)N2CC[C@@H](C)C(c3cc(C)nc4ncnn34)C2)cc(C(F)(F)F)n1. The molecule has 10 heteroatoms. The maximum absolute atomic E-state index is 13.1. The molecule has 3 aromatic rings. The molecule has 0 aromatic carbocycles. The number of amides is 1. The summed E-state index contributed by atoms with van der Waals surface area (Å²) in [7, 11) is 0. The minimum Gasteiger partial charge on any atom is -0.338 e. The summed E-state index contributed by atoms with van der Waals surface area (Å²) >= 11 is 0. The van der Waals surface area contributed by atoms with Crippen LogP contribution >= 0.6 is 0 Å². The van der Waals surface area contributed by atoms with E-state index in [9.17, 15) is 18.0 Å². The number of hydrogen-bond acceptors (Lipinski definition) is 5. The molecule has 2 atom stereocenters. The maximum Gasteiger partial charge on any atom is 0.433 e. The third-order valence-corrected chi connectivity index (χ3v) is 5.52.